The van der Waals surface area contributed by atoms with Gasteiger partial charge in [0.25, 0.3) is 0 Å². The van der Waals surface area contributed by atoms with Crippen LogP contribution in [0.5, 0.6) is 0 Å². The maximum absolute atomic E-state index is 13.5. The highest BCUT2D eigenvalue weighted by molar-refractivity contribution is 6.32. The number of tetrazole rings is 1. The lowest BCUT2D eigenvalue weighted by Gasteiger charge is -2.37. The lowest BCUT2D eigenvalue weighted by Crippen LogP contribution is -2.50. The molecular weight excluding hydrogens is 657 g/mol. The van der Waals surface area contributed by atoms with Crippen molar-refractivity contribution in [3.05, 3.63) is 82.4 Å². The molecule has 0 spiro atoms. The van der Waals surface area contributed by atoms with Crippen LogP contribution in [0.3, 0.4) is 0 Å². The molecule has 2 fully saturated rings. The number of carbonyl (C=O) groups excluding carboxylic acids is 3. The maximum atomic E-state index is 13.5. The largest absolute Gasteiger partial charge is 0.453 e. The highest BCUT2D eigenvalue weighted by atomic mass is 35.5. The number of carbonyl (C=O) groups is 3. The highest BCUT2D eigenvalue weighted by Crippen LogP contribution is 2.34. The number of amides is 3. The van der Waals surface area contributed by atoms with E-state index in [1.165, 1.54) is 24.2 Å². The molecule has 6 rings (SSSR count). The van der Waals surface area contributed by atoms with E-state index in [-0.39, 0.29) is 34.8 Å². The standard InChI is InChI=1S/C33H33Cl2N9O4/c1-48-33(47)37-25-10-6-20(7-11-25)27-16-26(39-40-31(27)35)17-28(23-3-2-14-43(18-23)32(46)21-4-5-21)38-30(45)13-8-22-15-24(34)9-12-29(22)44-19-36-41-42-44/h6-13,15-16,19,21,23,28H,2-5,14,17-18H2,1H3,(H,37,47)(H,38,45)/b13-8+. The summed E-state index contributed by atoms with van der Waals surface area (Å²) in [5.74, 6) is -0.0133. The monoisotopic (exact) mass is 689 g/mol. The van der Waals surface area contributed by atoms with Gasteiger partial charge in [0.1, 0.15) is 6.33 Å². The van der Waals surface area contributed by atoms with E-state index in [1.807, 2.05) is 23.1 Å². The number of anilines is 1. The molecule has 0 bridgehead atoms. The molecule has 1 saturated carbocycles. The molecule has 1 aliphatic carbocycles. The Labute approximate surface area is 286 Å². The summed E-state index contributed by atoms with van der Waals surface area (Å²) in [5.41, 5.74) is 3.92. The van der Waals surface area contributed by atoms with E-state index in [2.05, 4.69) is 41.1 Å². The second kappa shape index (κ2) is 14.9. The van der Waals surface area contributed by atoms with Crippen LogP contribution < -0.4 is 10.6 Å². The van der Waals surface area contributed by atoms with E-state index >= 15 is 0 Å². The van der Waals surface area contributed by atoms with Crippen LogP contribution in [0.15, 0.2) is 60.9 Å². The minimum Gasteiger partial charge on any atom is -0.453 e. The molecule has 1 aliphatic heterocycles. The zero-order chi connectivity index (χ0) is 33.6. The molecule has 2 aromatic heterocycles. The molecule has 13 nitrogen and oxygen atoms in total. The molecule has 48 heavy (non-hydrogen) atoms. The molecule has 1 saturated heterocycles. The van der Waals surface area contributed by atoms with Gasteiger partial charge in [-0.3, -0.25) is 14.9 Å². The number of ether oxygens (including phenoxy) is 1. The number of benzene rings is 2. The zero-order valence-electron chi connectivity index (χ0n) is 26.1. The number of nitrogens with zero attached hydrogens (tertiary/aromatic N) is 7. The molecular formula is C33H33Cl2N9O4. The summed E-state index contributed by atoms with van der Waals surface area (Å²) in [6.45, 7) is 1.26. The number of aromatic nitrogens is 6. The number of halogens is 2. The number of piperidine rings is 1. The Bertz CT molecular complexity index is 1810. The van der Waals surface area contributed by atoms with Gasteiger partial charge in [-0.25, -0.2) is 4.79 Å². The minimum atomic E-state index is -0.572. The fraction of sp³-hybridized carbons (Fsp3) is 0.333. The summed E-state index contributed by atoms with van der Waals surface area (Å²) >= 11 is 12.8. The quantitative estimate of drug-likeness (QED) is 0.219. The lowest BCUT2D eigenvalue weighted by atomic mass is 9.87. The van der Waals surface area contributed by atoms with Crippen LogP contribution >= 0.6 is 23.2 Å². The van der Waals surface area contributed by atoms with E-state index in [0.717, 1.165) is 31.2 Å². The van der Waals surface area contributed by atoms with Gasteiger partial charge >= 0.3 is 6.09 Å². The number of rotatable bonds is 10. The van der Waals surface area contributed by atoms with Crippen molar-refractivity contribution < 1.29 is 19.1 Å². The Hall–Kier alpha value is -4.88. The number of likely N-dealkylation sites (tertiary alicyclic amines) is 1. The van der Waals surface area contributed by atoms with Crippen molar-refractivity contribution in [1.82, 2.24) is 40.6 Å². The molecule has 2 atom stereocenters. The molecule has 2 unspecified atom stereocenters. The van der Waals surface area contributed by atoms with Crippen molar-refractivity contribution in [1.29, 1.82) is 0 Å². The summed E-state index contributed by atoms with van der Waals surface area (Å²) in [6, 6.07) is 13.8. The minimum absolute atomic E-state index is 0.00800. The maximum Gasteiger partial charge on any atom is 0.411 e. The van der Waals surface area contributed by atoms with Crippen molar-refractivity contribution in [3.63, 3.8) is 0 Å². The van der Waals surface area contributed by atoms with Crippen molar-refractivity contribution in [3.8, 4) is 16.8 Å². The average molecular weight is 691 g/mol. The van der Waals surface area contributed by atoms with Crippen molar-refractivity contribution >= 4 is 52.9 Å². The second-order valence-electron chi connectivity index (χ2n) is 11.8. The van der Waals surface area contributed by atoms with Crippen molar-refractivity contribution in [2.24, 2.45) is 11.8 Å². The van der Waals surface area contributed by atoms with E-state index in [4.69, 9.17) is 23.2 Å². The van der Waals surface area contributed by atoms with Gasteiger partial charge in [0.05, 0.1) is 18.5 Å². The van der Waals surface area contributed by atoms with Crippen LogP contribution in [0.2, 0.25) is 10.2 Å². The normalized spacial score (nSPS) is 16.8. The number of nitrogens with one attached hydrogen (secondary N) is 2. The Morgan fingerprint density at radius 2 is 1.88 bits per heavy atom. The molecule has 248 valence electrons. The second-order valence-corrected chi connectivity index (χ2v) is 12.6. The SMILES string of the molecule is COC(=O)Nc1ccc(-c2cc(CC(NC(=O)/C=C/c3cc(Cl)ccc3-n3cnnn3)C3CCCN(C(=O)C4CC4)C3)nnc2Cl)cc1. The molecule has 3 heterocycles. The van der Waals surface area contributed by atoms with E-state index in [9.17, 15) is 14.4 Å². The van der Waals surface area contributed by atoms with Gasteiger partial charge in [-0.2, -0.15) is 9.78 Å². The third-order valence-electron chi connectivity index (χ3n) is 8.45. The van der Waals surface area contributed by atoms with Gasteiger partial charge in [-0.1, -0.05) is 35.3 Å². The van der Waals surface area contributed by atoms with Crippen LogP contribution in [-0.2, 0) is 20.7 Å². The van der Waals surface area contributed by atoms with Gasteiger partial charge < -0.3 is 15.0 Å². The first-order valence-corrected chi connectivity index (χ1v) is 16.3. The fourth-order valence-electron chi connectivity index (χ4n) is 5.84. The Kier molecular flexibility index (Phi) is 10.3. The molecule has 4 aromatic rings. The molecule has 0 radical (unpaired) electrons. The van der Waals surface area contributed by atoms with Crippen LogP contribution in [0.1, 0.15) is 36.9 Å². The van der Waals surface area contributed by atoms with Gasteiger partial charge in [0, 0.05) is 59.4 Å². The predicted octanol–water partition coefficient (Wildman–Crippen LogP) is 4.99. The average Bonchev–Trinajstić information content (AvgIpc) is 3.81. The number of hydrogen-bond acceptors (Lipinski definition) is 9. The van der Waals surface area contributed by atoms with Gasteiger partial charge in [-0.05, 0) is 90.1 Å². The Morgan fingerprint density at radius 1 is 1.06 bits per heavy atom. The third kappa shape index (κ3) is 8.15. The van der Waals surface area contributed by atoms with Gasteiger partial charge in [-0.15, -0.1) is 10.2 Å². The fourth-order valence-corrected chi connectivity index (χ4v) is 6.23. The molecule has 15 heteroatoms. The number of methoxy groups -OCH3 is 1. The molecule has 2 aromatic carbocycles. The van der Waals surface area contributed by atoms with Crippen LogP contribution in [0.4, 0.5) is 10.5 Å². The highest BCUT2D eigenvalue weighted by Gasteiger charge is 2.37. The Morgan fingerprint density at radius 3 is 2.60 bits per heavy atom. The Balaban J connectivity index is 1.24. The zero-order valence-corrected chi connectivity index (χ0v) is 27.6. The summed E-state index contributed by atoms with van der Waals surface area (Å²) < 4.78 is 6.15. The summed E-state index contributed by atoms with van der Waals surface area (Å²) in [6.07, 6.45) is 7.91. The van der Waals surface area contributed by atoms with Crippen LogP contribution in [0.25, 0.3) is 22.9 Å². The van der Waals surface area contributed by atoms with Gasteiger partial charge in [0.15, 0.2) is 5.15 Å². The van der Waals surface area contributed by atoms with Crippen molar-refractivity contribution in [2.45, 2.75) is 38.1 Å². The topological polar surface area (TPSA) is 157 Å². The van der Waals surface area contributed by atoms with E-state index in [0.29, 0.717) is 52.7 Å². The summed E-state index contributed by atoms with van der Waals surface area (Å²) in [5, 5.41) is 26.5. The smallest absolute Gasteiger partial charge is 0.411 e. The van der Waals surface area contributed by atoms with Crippen molar-refractivity contribution in [2.75, 3.05) is 25.5 Å². The van der Waals surface area contributed by atoms with Crippen LogP contribution in [0, 0.1) is 11.8 Å². The number of hydrogen-bond donors (Lipinski definition) is 2. The first kappa shape index (κ1) is 33.0. The predicted molar refractivity (Wildman–Crippen MR) is 179 cm³/mol. The lowest BCUT2D eigenvalue weighted by molar-refractivity contribution is -0.134. The molecule has 2 N–H and O–H groups in total. The first-order valence-electron chi connectivity index (χ1n) is 15.5. The summed E-state index contributed by atoms with van der Waals surface area (Å²) in [4.78, 5) is 40.0. The first-order chi connectivity index (χ1) is 23.3. The summed E-state index contributed by atoms with van der Waals surface area (Å²) in [7, 11) is 1.29. The van der Waals surface area contributed by atoms with E-state index in [1.54, 1.807) is 36.4 Å². The van der Waals surface area contributed by atoms with Crippen LogP contribution in [-0.4, -0.2) is 79.5 Å². The van der Waals surface area contributed by atoms with Gasteiger partial charge in [0.2, 0.25) is 11.8 Å². The van der Waals surface area contributed by atoms with E-state index < -0.39 is 6.09 Å². The molecule has 3 amide bonds. The molecule has 2 aliphatic rings. The third-order valence-corrected chi connectivity index (χ3v) is 8.96.